The zero-order valence-electron chi connectivity index (χ0n) is 24.2. The number of amides is 4. The summed E-state index contributed by atoms with van der Waals surface area (Å²) in [6.45, 7) is 7.34. The van der Waals surface area contributed by atoms with E-state index in [-0.39, 0.29) is 47.7 Å². The van der Waals surface area contributed by atoms with Gasteiger partial charge in [0.2, 0.25) is 23.6 Å². The van der Waals surface area contributed by atoms with Gasteiger partial charge in [0.05, 0.1) is 17.2 Å². The number of hydrogen-bond acceptors (Lipinski definition) is 8. The normalized spacial score (nSPS) is 20.6. The Kier molecular flexibility index (Phi) is 9.71. The Morgan fingerprint density at radius 3 is 2.64 bits per heavy atom. The van der Waals surface area contributed by atoms with Crippen molar-refractivity contribution in [3.05, 3.63) is 58.3 Å². The number of rotatable bonds is 5. The highest BCUT2D eigenvalue weighted by atomic mass is 16.4. The number of nitrogens with zero attached hydrogens (tertiary/aromatic N) is 3. The molecular formula is C29H37N7O6. The van der Waals surface area contributed by atoms with Crippen molar-refractivity contribution in [2.75, 3.05) is 6.54 Å². The number of para-hydroxylation sites is 1. The van der Waals surface area contributed by atoms with Crippen LogP contribution >= 0.6 is 0 Å². The van der Waals surface area contributed by atoms with Gasteiger partial charge in [0, 0.05) is 19.5 Å². The molecule has 1 aliphatic heterocycles. The van der Waals surface area contributed by atoms with Gasteiger partial charge in [0.15, 0.2) is 5.69 Å². The number of aryl methyl sites for hydroxylation is 2. The lowest BCUT2D eigenvalue weighted by Crippen LogP contribution is -2.49. The van der Waals surface area contributed by atoms with Gasteiger partial charge >= 0.3 is 0 Å². The molecule has 0 aliphatic carbocycles. The largest absolute Gasteiger partial charge is 0.443 e. The first-order chi connectivity index (χ1) is 20.0. The topological polar surface area (TPSA) is 177 Å². The van der Waals surface area contributed by atoms with E-state index in [1.165, 1.54) is 10.9 Å². The van der Waals surface area contributed by atoms with Crippen molar-refractivity contribution < 1.29 is 23.6 Å². The molecule has 2 bridgehead atoms. The van der Waals surface area contributed by atoms with E-state index in [0.29, 0.717) is 36.7 Å². The Labute approximate surface area is 242 Å². The maximum atomic E-state index is 13.5. The van der Waals surface area contributed by atoms with Gasteiger partial charge in [-0.25, -0.2) is 9.97 Å². The van der Waals surface area contributed by atoms with Crippen molar-refractivity contribution >= 4 is 34.5 Å². The zero-order valence-corrected chi connectivity index (χ0v) is 24.2. The van der Waals surface area contributed by atoms with Crippen LogP contribution in [-0.4, -0.2) is 56.8 Å². The van der Waals surface area contributed by atoms with Crippen LogP contribution in [0.1, 0.15) is 74.6 Å². The molecule has 4 rings (SSSR count). The molecule has 1 aromatic carbocycles. The zero-order chi connectivity index (χ0) is 30.4. The lowest BCUT2D eigenvalue weighted by Gasteiger charge is -2.24. The standard InChI is InChI=1S/C29H37N7O6/c1-16(2)23-28-35-24(18(4)42-28)27(40)32-17(3)25(38)30-13-8-7-11-21(26(39)34-23)33-22(37)12-14-36-15-31-20-10-6-5-9-19(20)29(36)41/h5-6,9-10,15-17,21,23H,7-8,11-14H2,1-4H3,(H,30,38)(H,32,40)(H,33,37)(H,34,39)/t17-,21+,23+/m1/s1. The second kappa shape index (κ2) is 13.4. The van der Waals surface area contributed by atoms with E-state index in [2.05, 4.69) is 31.2 Å². The third-order valence-electron chi connectivity index (χ3n) is 7.18. The first kappa shape index (κ1) is 30.4. The number of hydrogen-bond donors (Lipinski definition) is 4. The summed E-state index contributed by atoms with van der Waals surface area (Å²) in [4.78, 5) is 73.2. The van der Waals surface area contributed by atoms with Gasteiger partial charge in [-0.3, -0.25) is 28.5 Å². The van der Waals surface area contributed by atoms with Gasteiger partial charge in [-0.2, -0.15) is 0 Å². The molecular weight excluding hydrogens is 542 g/mol. The predicted octanol–water partition coefficient (Wildman–Crippen LogP) is 1.50. The summed E-state index contributed by atoms with van der Waals surface area (Å²) < 4.78 is 7.15. The molecule has 1 aliphatic rings. The van der Waals surface area contributed by atoms with Crippen molar-refractivity contribution in [2.45, 2.75) is 78.0 Å². The molecule has 0 fully saturated rings. The second-order valence-corrected chi connectivity index (χ2v) is 10.8. The van der Waals surface area contributed by atoms with Crippen molar-refractivity contribution in [1.82, 2.24) is 35.8 Å². The first-order valence-corrected chi connectivity index (χ1v) is 14.1. The molecule has 13 nitrogen and oxygen atoms in total. The van der Waals surface area contributed by atoms with Gasteiger partial charge in [0.1, 0.15) is 23.9 Å². The Bertz CT molecular complexity index is 1530. The van der Waals surface area contributed by atoms with E-state index < -0.39 is 35.8 Å². The summed E-state index contributed by atoms with van der Waals surface area (Å²) in [7, 11) is 0. The molecule has 0 saturated heterocycles. The molecule has 42 heavy (non-hydrogen) atoms. The quantitative estimate of drug-likeness (QED) is 0.351. The number of carbonyl (C=O) groups is 4. The fourth-order valence-corrected chi connectivity index (χ4v) is 4.72. The van der Waals surface area contributed by atoms with E-state index >= 15 is 0 Å². The van der Waals surface area contributed by atoms with Crippen molar-refractivity contribution in [1.29, 1.82) is 0 Å². The number of fused-ring (bicyclic) bond motifs is 3. The Balaban J connectivity index is 1.51. The van der Waals surface area contributed by atoms with E-state index in [9.17, 15) is 24.0 Å². The third kappa shape index (κ3) is 7.20. The lowest BCUT2D eigenvalue weighted by molar-refractivity contribution is -0.130. The summed E-state index contributed by atoms with van der Waals surface area (Å²) in [5.41, 5.74) is 0.353. The van der Waals surface area contributed by atoms with E-state index in [4.69, 9.17) is 4.42 Å². The average Bonchev–Trinajstić information content (AvgIpc) is 3.35. The Morgan fingerprint density at radius 2 is 1.88 bits per heavy atom. The molecule has 3 aromatic rings. The molecule has 4 amide bonds. The van der Waals surface area contributed by atoms with Crippen LogP contribution in [0.15, 0.2) is 39.8 Å². The summed E-state index contributed by atoms with van der Waals surface area (Å²) in [6.07, 6.45) is 2.77. The van der Waals surface area contributed by atoms with Gasteiger partial charge in [0.25, 0.3) is 11.5 Å². The first-order valence-electron chi connectivity index (χ1n) is 14.1. The number of oxazole rings is 1. The molecule has 13 heteroatoms. The van der Waals surface area contributed by atoms with Gasteiger partial charge < -0.3 is 25.7 Å². The monoisotopic (exact) mass is 579 g/mol. The summed E-state index contributed by atoms with van der Waals surface area (Å²) >= 11 is 0. The van der Waals surface area contributed by atoms with Gasteiger partial charge in [-0.05, 0) is 51.2 Å². The van der Waals surface area contributed by atoms with Crippen LogP contribution in [0, 0.1) is 12.8 Å². The van der Waals surface area contributed by atoms with Crippen LogP contribution in [0.4, 0.5) is 0 Å². The Morgan fingerprint density at radius 1 is 1.12 bits per heavy atom. The minimum absolute atomic E-state index is 0.0277. The fourth-order valence-electron chi connectivity index (χ4n) is 4.72. The summed E-state index contributed by atoms with van der Waals surface area (Å²) in [5, 5.41) is 11.6. The molecule has 4 N–H and O–H groups in total. The van der Waals surface area contributed by atoms with E-state index in [0.717, 1.165) is 0 Å². The average molecular weight is 580 g/mol. The van der Waals surface area contributed by atoms with Crippen LogP contribution in [0.3, 0.4) is 0 Å². The van der Waals surface area contributed by atoms with E-state index in [1.807, 2.05) is 13.8 Å². The minimum Gasteiger partial charge on any atom is -0.443 e. The van der Waals surface area contributed by atoms with Crippen molar-refractivity contribution in [3.8, 4) is 0 Å². The van der Waals surface area contributed by atoms with Crippen LogP contribution in [0.5, 0.6) is 0 Å². The number of nitrogens with one attached hydrogen (secondary N) is 4. The third-order valence-corrected chi connectivity index (χ3v) is 7.18. The smallest absolute Gasteiger partial charge is 0.274 e. The fraction of sp³-hybridized carbons (Fsp3) is 0.483. The molecule has 3 atom stereocenters. The molecule has 0 saturated carbocycles. The van der Waals surface area contributed by atoms with Crippen LogP contribution in [0.2, 0.25) is 0 Å². The summed E-state index contributed by atoms with van der Waals surface area (Å²) in [5.74, 6) is -1.50. The van der Waals surface area contributed by atoms with E-state index in [1.54, 1.807) is 38.1 Å². The van der Waals surface area contributed by atoms with Crippen LogP contribution < -0.4 is 26.8 Å². The lowest BCUT2D eigenvalue weighted by atomic mass is 10.0. The maximum Gasteiger partial charge on any atom is 0.274 e. The number of aromatic nitrogens is 3. The molecule has 0 radical (unpaired) electrons. The minimum atomic E-state index is -0.883. The molecule has 224 valence electrons. The highest BCUT2D eigenvalue weighted by Crippen LogP contribution is 2.24. The van der Waals surface area contributed by atoms with Gasteiger partial charge in [-0.15, -0.1) is 0 Å². The maximum absolute atomic E-state index is 13.5. The summed E-state index contributed by atoms with van der Waals surface area (Å²) in [6, 6.07) is 4.63. The molecule has 0 spiro atoms. The van der Waals surface area contributed by atoms with Crippen molar-refractivity contribution in [2.24, 2.45) is 5.92 Å². The van der Waals surface area contributed by atoms with Crippen molar-refractivity contribution in [3.63, 3.8) is 0 Å². The Hall–Kier alpha value is -4.55. The SMILES string of the molecule is Cc1oc2nc1C(=O)N[C@H](C)C(=O)NCCCC[C@H](NC(=O)CCn1cnc3ccccc3c1=O)C(=O)N[C@H]2C(C)C. The van der Waals surface area contributed by atoms with Crippen LogP contribution in [0.25, 0.3) is 10.9 Å². The number of carbonyl (C=O) groups excluding carboxylic acids is 4. The highest BCUT2D eigenvalue weighted by molar-refractivity contribution is 5.96. The van der Waals surface area contributed by atoms with Gasteiger partial charge in [-0.1, -0.05) is 26.0 Å². The molecule has 2 aromatic heterocycles. The predicted molar refractivity (Wildman–Crippen MR) is 153 cm³/mol. The second-order valence-electron chi connectivity index (χ2n) is 10.8. The highest BCUT2D eigenvalue weighted by Gasteiger charge is 2.31. The molecule has 3 heterocycles. The molecule has 0 unspecified atom stereocenters. The number of benzene rings is 1. The van der Waals surface area contributed by atoms with Crippen LogP contribution in [-0.2, 0) is 20.9 Å².